The third kappa shape index (κ3) is 2.14. The van der Waals surface area contributed by atoms with Gasteiger partial charge in [-0.25, -0.2) is 4.39 Å². The van der Waals surface area contributed by atoms with Crippen LogP contribution in [0.15, 0.2) is 21.1 Å². The first-order chi connectivity index (χ1) is 5.65. The Morgan fingerprint density at radius 3 is 2.25 bits per heavy atom. The van der Waals surface area contributed by atoms with Gasteiger partial charge in [-0.05, 0) is 17.7 Å². The van der Waals surface area contributed by atoms with E-state index in [4.69, 9.17) is 0 Å². The van der Waals surface area contributed by atoms with Crippen molar-refractivity contribution < 1.29 is 9.18 Å². The van der Waals surface area contributed by atoms with Crippen molar-refractivity contribution in [3.05, 3.63) is 32.5 Å². The Bertz CT molecular complexity index is 289. The van der Waals surface area contributed by atoms with E-state index >= 15 is 0 Å². The van der Waals surface area contributed by atoms with Gasteiger partial charge in [0.05, 0.1) is 0 Å². The Kier molecular flexibility index (Phi) is 3.40. The summed E-state index contributed by atoms with van der Waals surface area (Å²) in [5.41, 5.74) is 0.770. The van der Waals surface area contributed by atoms with Gasteiger partial charge in [-0.1, -0.05) is 31.9 Å². The molecule has 1 aromatic carbocycles. The molecule has 0 spiro atoms. The van der Waals surface area contributed by atoms with E-state index in [1.165, 1.54) is 12.1 Å². The molecule has 0 bridgehead atoms. The van der Waals surface area contributed by atoms with Crippen LogP contribution < -0.4 is 0 Å². The Labute approximate surface area is 86.2 Å². The maximum Gasteiger partial charge on any atom is 0.125 e. The molecule has 0 fully saturated rings. The number of hydrogen-bond donors (Lipinski definition) is 0. The molecule has 0 N–H and O–H groups in total. The molecular weight excluding hydrogens is 291 g/mol. The molecule has 1 rings (SSSR count). The lowest BCUT2D eigenvalue weighted by Gasteiger charge is -2.03. The molecule has 0 aliphatic carbocycles. The number of aldehydes is 1. The first-order valence-corrected chi connectivity index (χ1v) is 4.81. The van der Waals surface area contributed by atoms with Crippen LogP contribution >= 0.6 is 31.9 Å². The van der Waals surface area contributed by atoms with Gasteiger partial charge in [0.1, 0.15) is 12.1 Å². The van der Waals surface area contributed by atoms with Gasteiger partial charge in [0, 0.05) is 15.4 Å². The average Bonchev–Trinajstić information content (AvgIpc) is 1.96. The highest BCUT2D eigenvalue weighted by Gasteiger charge is 2.06. The summed E-state index contributed by atoms with van der Waals surface area (Å²) in [6, 6.07) is 2.67. The van der Waals surface area contributed by atoms with Crippen molar-refractivity contribution in [2.75, 3.05) is 0 Å². The molecule has 0 radical (unpaired) electrons. The minimum Gasteiger partial charge on any atom is -0.303 e. The number of carbonyl (C=O) groups excluding carboxylic acids is 1. The number of halogens is 3. The second-order valence-electron chi connectivity index (χ2n) is 2.22. The summed E-state index contributed by atoms with van der Waals surface area (Å²) in [6.07, 6.45) is 1.06. The van der Waals surface area contributed by atoms with Crippen LogP contribution in [-0.2, 0) is 11.2 Å². The fourth-order valence-electron chi connectivity index (χ4n) is 0.850. The molecule has 0 unspecified atom stereocenters. The summed E-state index contributed by atoms with van der Waals surface area (Å²) in [6.45, 7) is 0. The van der Waals surface area contributed by atoms with Crippen LogP contribution in [0.4, 0.5) is 4.39 Å². The zero-order valence-corrected chi connectivity index (χ0v) is 9.15. The van der Waals surface area contributed by atoms with E-state index < -0.39 is 0 Å². The second kappa shape index (κ2) is 4.14. The molecule has 1 nitrogen and oxygen atoms in total. The Morgan fingerprint density at radius 1 is 1.33 bits per heavy atom. The first kappa shape index (κ1) is 9.86. The van der Waals surface area contributed by atoms with E-state index in [1.54, 1.807) is 0 Å². The van der Waals surface area contributed by atoms with Crippen molar-refractivity contribution in [3.8, 4) is 0 Å². The number of benzene rings is 1. The van der Waals surface area contributed by atoms with Crippen molar-refractivity contribution >= 4 is 38.1 Å². The number of hydrogen-bond acceptors (Lipinski definition) is 1. The van der Waals surface area contributed by atoms with Crippen LogP contribution in [0.25, 0.3) is 0 Å². The third-order valence-corrected chi connectivity index (χ3v) is 2.81. The van der Waals surface area contributed by atoms with Gasteiger partial charge in [0.25, 0.3) is 0 Å². The largest absolute Gasteiger partial charge is 0.303 e. The average molecular weight is 296 g/mol. The fraction of sp³-hybridized carbons (Fsp3) is 0.125. The second-order valence-corrected chi connectivity index (χ2v) is 3.93. The summed E-state index contributed by atoms with van der Waals surface area (Å²) >= 11 is 6.34. The maximum atomic E-state index is 12.7. The molecule has 0 aliphatic rings. The molecular formula is C8H5Br2FO. The monoisotopic (exact) mass is 294 g/mol. The maximum absolute atomic E-state index is 12.7. The van der Waals surface area contributed by atoms with Crippen LogP contribution in [0, 0.1) is 5.82 Å². The third-order valence-electron chi connectivity index (χ3n) is 1.39. The molecule has 0 heterocycles. The summed E-state index contributed by atoms with van der Waals surface area (Å²) < 4.78 is 13.9. The Morgan fingerprint density at radius 2 is 1.83 bits per heavy atom. The number of carbonyl (C=O) groups is 1. The Hall–Kier alpha value is -0.220. The van der Waals surface area contributed by atoms with E-state index in [9.17, 15) is 9.18 Å². The molecule has 0 saturated heterocycles. The number of rotatable bonds is 2. The van der Waals surface area contributed by atoms with Crippen molar-refractivity contribution in [2.45, 2.75) is 6.42 Å². The molecule has 0 aromatic heterocycles. The predicted octanol–water partition coefficient (Wildman–Crippen LogP) is 3.09. The molecule has 0 amide bonds. The fourth-order valence-corrected chi connectivity index (χ4v) is 2.30. The lowest BCUT2D eigenvalue weighted by Crippen LogP contribution is -1.91. The zero-order chi connectivity index (χ0) is 9.14. The van der Waals surface area contributed by atoms with Gasteiger partial charge in [0.2, 0.25) is 0 Å². The zero-order valence-electron chi connectivity index (χ0n) is 5.98. The molecule has 0 atom stereocenters. The van der Waals surface area contributed by atoms with E-state index in [2.05, 4.69) is 31.9 Å². The Balaban J connectivity index is 3.18. The minimum atomic E-state index is -0.330. The van der Waals surface area contributed by atoms with E-state index in [0.717, 1.165) is 11.8 Å². The topological polar surface area (TPSA) is 17.1 Å². The van der Waals surface area contributed by atoms with Crippen LogP contribution in [0.5, 0.6) is 0 Å². The summed E-state index contributed by atoms with van der Waals surface area (Å²) in [5, 5.41) is 0. The van der Waals surface area contributed by atoms with Crippen molar-refractivity contribution in [1.82, 2.24) is 0 Å². The SMILES string of the molecule is O=CCc1c(Br)cc(F)cc1Br. The van der Waals surface area contributed by atoms with Crippen LogP contribution in [0.3, 0.4) is 0 Å². The highest BCUT2D eigenvalue weighted by molar-refractivity contribution is 9.11. The molecule has 64 valence electrons. The molecule has 0 saturated carbocycles. The van der Waals surface area contributed by atoms with Gasteiger partial charge in [0.15, 0.2) is 0 Å². The van der Waals surface area contributed by atoms with E-state index in [-0.39, 0.29) is 12.2 Å². The molecule has 12 heavy (non-hydrogen) atoms. The standard InChI is InChI=1S/C8H5Br2FO/c9-7-3-5(11)4-8(10)6(7)1-2-12/h2-4H,1H2. The molecule has 0 aliphatic heterocycles. The first-order valence-electron chi connectivity index (χ1n) is 3.22. The van der Waals surface area contributed by atoms with Crippen LogP contribution in [0.2, 0.25) is 0 Å². The van der Waals surface area contributed by atoms with Gasteiger partial charge < -0.3 is 4.79 Å². The van der Waals surface area contributed by atoms with E-state index in [0.29, 0.717) is 8.95 Å². The van der Waals surface area contributed by atoms with Gasteiger partial charge in [-0.15, -0.1) is 0 Å². The van der Waals surface area contributed by atoms with Crippen molar-refractivity contribution in [1.29, 1.82) is 0 Å². The summed E-state index contributed by atoms with van der Waals surface area (Å²) in [4.78, 5) is 10.2. The predicted molar refractivity (Wildman–Crippen MR) is 51.6 cm³/mol. The highest BCUT2D eigenvalue weighted by Crippen LogP contribution is 2.26. The van der Waals surface area contributed by atoms with Gasteiger partial charge in [-0.3, -0.25) is 0 Å². The van der Waals surface area contributed by atoms with Gasteiger partial charge in [-0.2, -0.15) is 0 Å². The van der Waals surface area contributed by atoms with Crippen LogP contribution in [-0.4, -0.2) is 6.29 Å². The highest BCUT2D eigenvalue weighted by atomic mass is 79.9. The lowest BCUT2D eigenvalue weighted by atomic mass is 10.2. The lowest BCUT2D eigenvalue weighted by molar-refractivity contribution is -0.107. The molecule has 4 heteroatoms. The summed E-state index contributed by atoms with van der Waals surface area (Å²) in [5.74, 6) is -0.330. The van der Waals surface area contributed by atoms with Crippen molar-refractivity contribution in [2.24, 2.45) is 0 Å². The van der Waals surface area contributed by atoms with Gasteiger partial charge >= 0.3 is 0 Å². The molecule has 1 aromatic rings. The quantitative estimate of drug-likeness (QED) is 0.766. The summed E-state index contributed by atoms with van der Waals surface area (Å²) in [7, 11) is 0. The van der Waals surface area contributed by atoms with Crippen molar-refractivity contribution in [3.63, 3.8) is 0 Å². The smallest absolute Gasteiger partial charge is 0.125 e. The van der Waals surface area contributed by atoms with Crippen LogP contribution in [0.1, 0.15) is 5.56 Å². The normalized spacial score (nSPS) is 9.92. The minimum absolute atomic E-state index is 0.279. The van der Waals surface area contributed by atoms with E-state index in [1.807, 2.05) is 0 Å².